The van der Waals surface area contributed by atoms with Gasteiger partial charge in [-0.15, -0.1) is 0 Å². The molecule has 2 nitrogen and oxygen atoms in total. The molecule has 2 rings (SSSR count). The number of aryl methyl sites for hydroxylation is 1. The average molecular weight is 243 g/mol. The quantitative estimate of drug-likeness (QED) is 0.811. The zero-order valence-corrected chi connectivity index (χ0v) is 11.5. The predicted octanol–water partition coefficient (Wildman–Crippen LogP) is 3.46. The maximum atomic E-state index is 9.39. The molecule has 1 fully saturated rings. The number of nitriles is 1. The monoisotopic (exact) mass is 243 g/mol. The second-order valence-corrected chi connectivity index (χ2v) is 5.76. The van der Waals surface area contributed by atoms with E-state index in [1.165, 1.54) is 11.1 Å². The van der Waals surface area contributed by atoms with Crippen LogP contribution in [0.4, 0.5) is 0 Å². The lowest BCUT2D eigenvalue weighted by Gasteiger charge is -2.49. The van der Waals surface area contributed by atoms with Gasteiger partial charge in [-0.25, -0.2) is 0 Å². The van der Waals surface area contributed by atoms with E-state index in [2.05, 4.69) is 37.3 Å². The van der Waals surface area contributed by atoms with Gasteiger partial charge in [-0.1, -0.05) is 37.6 Å². The van der Waals surface area contributed by atoms with E-state index in [1.54, 1.807) is 0 Å². The van der Waals surface area contributed by atoms with Crippen molar-refractivity contribution in [3.63, 3.8) is 0 Å². The first-order valence-corrected chi connectivity index (χ1v) is 6.64. The third kappa shape index (κ3) is 1.93. The van der Waals surface area contributed by atoms with Gasteiger partial charge in [-0.2, -0.15) is 5.26 Å². The van der Waals surface area contributed by atoms with Gasteiger partial charge >= 0.3 is 0 Å². The highest BCUT2D eigenvalue weighted by atomic mass is 16.5. The van der Waals surface area contributed by atoms with Gasteiger partial charge in [0.05, 0.1) is 30.1 Å². The molecular formula is C16H21NO. The van der Waals surface area contributed by atoms with Crippen LogP contribution >= 0.6 is 0 Å². The first-order valence-electron chi connectivity index (χ1n) is 6.64. The first kappa shape index (κ1) is 13.1. The van der Waals surface area contributed by atoms with Crippen LogP contribution in [0.25, 0.3) is 0 Å². The Bertz CT molecular complexity index is 449. The number of hydrogen-bond donors (Lipinski definition) is 0. The van der Waals surface area contributed by atoms with Crippen LogP contribution < -0.4 is 0 Å². The summed E-state index contributed by atoms with van der Waals surface area (Å²) in [7, 11) is 0. The van der Waals surface area contributed by atoms with Gasteiger partial charge < -0.3 is 4.74 Å². The van der Waals surface area contributed by atoms with Crippen LogP contribution in [0.5, 0.6) is 0 Å². The van der Waals surface area contributed by atoms with Crippen LogP contribution in [-0.2, 0) is 16.6 Å². The molecular weight excluding hydrogens is 222 g/mol. The fourth-order valence-electron chi connectivity index (χ4n) is 2.58. The summed E-state index contributed by atoms with van der Waals surface area (Å²) >= 11 is 0. The van der Waals surface area contributed by atoms with E-state index >= 15 is 0 Å². The third-order valence-corrected chi connectivity index (χ3v) is 4.22. The van der Waals surface area contributed by atoms with Crippen LogP contribution in [0.2, 0.25) is 0 Å². The zero-order valence-electron chi connectivity index (χ0n) is 11.5. The lowest BCUT2D eigenvalue weighted by molar-refractivity contribution is -0.102. The van der Waals surface area contributed by atoms with Crippen molar-refractivity contribution in [2.45, 2.75) is 39.0 Å². The number of rotatable bonds is 4. The molecule has 0 spiro atoms. The van der Waals surface area contributed by atoms with Crippen molar-refractivity contribution in [1.29, 1.82) is 5.26 Å². The molecule has 0 radical (unpaired) electrons. The third-order valence-electron chi connectivity index (χ3n) is 4.22. The van der Waals surface area contributed by atoms with Crippen LogP contribution in [0.3, 0.4) is 0 Å². The van der Waals surface area contributed by atoms with Crippen molar-refractivity contribution in [2.24, 2.45) is 5.41 Å². The molecule has 1 aliphatic rings. The summed E-state index contributed by atoms with van der Waals surface area (Å²) in [6.45, 7) is 7.51. The summed E-state index contributed by atoms with van der Waals surface area (Å²) in [6.07, 6.45) is 2.28. The number of ether oxygens (including phenoxy) is 1. The Labute approximate surface area is 110 Å². The topological polar surface area (TPSA) is 33.0 Å². The lowest BCUT2D eigenvalue weighted by Crippen LogP contribution is -2.56. The Morgan fingerprint density at radius 1 is 1.28 bits per heavy atom. The van der Waals surface area contributed by atoms with E-state index in [0.717, 1.165) is 12.8 Å². The standard InChI is InChI=1S/C16H21NO/c1-4-5-13-6-8-14(9-7-13)16(11-18-12-16)15(2,3)10-17/h6-9H,4-5,11-12H2,1-3H3. The molecule has 1 saturated heterocycles. The van der Waals surface area contributed by atoms with Crippen LogP contribution in [0.15, 0.2) is 24.3 Å². The highest BCUT2D eigenvalue weighted by Gasteiger charge is 2.52. The van der Waals surface area contributed by atoms with E-state index in [-0.39, 0.29) is 5.41 Å². The Balaban J connectivity index is 2.32. The second-order valence-electron chi connectivity index (χ2n) is 5.76. The second kappa shape index (κ2) is 4.74. The SMILES string of the molecule is CCCc1ccc(C2(C(C)(C)C#N)COC2)cc1. The van der Waals surface area contributed by atoms with E-state index in [4.69, 9.17) is 4.74 Å². The minimum Gasteiger partial charge on any atom is -0.379 e. The van der Waals surface area contributed by atoms with Gasteiger partial charge in [0.2, 0.25) is 0 Å². The van der Waals surface area contributed by atoms with Gasteiger partial charge in [0.25, 0.3) is 0 Å². The molecule has 0 atom stereocenters. The van der Waals surface area contributed by atoms with Crippen LogP contribution in [-0.4, -0.2) is 13.2 Å². The average Bonchev–Trinajstić information content (AvgIpc) is 2.30. The predicted molar refractivity (Wildman–Crippen MR) is 72.3 cm³/mol. The molecule has 0 unspecified atom stereocenters. The fraction of sp³-hybridized carbons (Fsp3) is 0.562. The molecule has 0 saturated carbocycles. The molecule has 0 aromatic heterocycles. The van der Waals surface area contributed by atoms with Crippen molar-refractivity contribution in [2.75, 3.05) is 13.2 Å². The Hall–Kier alpha value is -1.33. The van der Waals surface area contributed by atoms with Crippen molar-refractivity contribution >= 4 is 0 Å². The van der Waals surface area contributed by atoms with E-state index in [9.17, 15) is 5.26 Å². The van der Waals surface area contributed by atoms with Gasteiger partial charge in [0, 0.05) is 0 Å². The number of hydrogen-bond acceptors (Lipinski definition) is 2. The summed E-state index contributed by atoms with van der Waals surface area (Å²) < 4.78 is 5.41. The molecule has 0 N–H and O–H groups in total. The van der Waals surface area contributed by atoms with Gasteiger partial charge in [-0.3, -0.25) is 0 Å². The van der Waals surface area contributed by atoms with Gasteiger partial charge in [-0.05, 0) is 31.4 Å². The van der Waals surface area contributed by atoms with E-state index < -0.39 is 5.41 Å². The van der Waals surface area contributed by atoms with Crippen molar-refractivity contribution in [3.8, 4) is 6.07 Å². The highest BCUT2D eigenvalue weighted by molar-refractivity contribution is 5.36. The van der Waals surface area contributed by atoms with Crippen molar-refractivity contribution in [1.82, 2.24) is 0 Å². The smallest absolute Gasteiger partial charge is 0.0695 e. The summed E-state index contributed by atoms with van der Waals surface area (Å²) in [5, 5.41) is 9.39. The largest absolute Gasteiger partial charge is 0.379 e. The molecule has 2 heteroatoms. The summed E-state index contributed by atoms with van der Waals surface area (Å²) in [4.78, 5) is 0. The van der Waals surface area contributed by atoms with E-state index in [0.29, 0.717) is 13.2 Å². The Kier molecular flexibility index (Phi) is 3.45. The maximum Gasteiger partial charge on any atom is 0.0695 e. The summed E-state index contributed by atoms with van der Waals surface area (Å²) in [5.74, 6) is 0. The minimum atomic E-state index is -0.391. The summed E-state index contributed by atoms with van der Waals surface area (Å²) in [5.41, 5.74) is 2.08. The van der Waals surface area contributed by atoms with Gasteiger partial charge in [0.15, 0.2) is 0 Å². The number of nitrogens with zero attached hydrogens (tertiary/aromatic N) is 1. The molecule has 1 aromatic rings. The molecule has 18 heavy (non-hydrogen) atoms. The normalized spacial score (nSPS) is 17.9. The first-order chi connectivity index (χ1) is 8.55. The summed E-state index contributed by atoms with van der Waals surface area (Å²) in [6, 6.07) is 11.2. The maximum absolute atomic E-state index is 9.39. The van der Waals surface area contributed by atoms with E-state index in [1.807, 2.05) is 13.8 Å². The lowest BCUT2D eigenvalue weighted by atomic mass is 9.61. The fourth-order valence-corrected chi connectivity index (χ4v) is 2.58. The van der Waals surface area contributed by atoms with Crippen LogP contribution in [0.1, 0.15) is 38.3 Å². The van der Waals surface area contributed by atoms with Crippen molar-refractivity contribution < 1.29 is 4.74 Å². The molecule has 0 amide bonds. The highest BCUT2D eigenvalue weighted by Crippen LogP contribution is 2.46. The zero-order chi connectivity index (χ0) is 13.2. The molecule has 0 bridgehead atoms. The minimum absolute atomic E-state index is 0.132. The molecule has 1 heterocycles. The molecule has 0 aliphatic carbocycles. The Morgan fingerprint density at radius 3 is 2.28 bits per heavy atom. The molecule has 96 valence electrons. The Morgan fingerprint density at radius 2 is 1.89 bits per heavy atom. The van der Waals surface area contributed by atoms with Crippen LogP contribution in [0, 0.1) is 16.7 Å². The molecule has 1 aromatic carbocycles. The number of benzene rings is 1. The van der Waals surface area contributed by atoms with Crippen molar-refractivity contribution in [3.05, 3.63) is 35.4 Å². The van der Waals surface area contributed by atoms with Gasteiger partial charge in [0.1, 0.15) is 0 Å². The molecule has 1 aliphatic heterocycles.